The van der Waals surface area contributed by atoms with Crippen LogP contribution in [0.2, 0.25) is 0 Å². The Hall–Kier alpha value is -0.460. The van der Waals surface area contributed by atoms with E-state index >= 15 is 0 Å². The molecule has 1 heteroatoms. The third-order valence-electron chi connectivity index (χ3n) is 1.68. The summed E-state index contributed by atoms with van der Waals surface area (Å²) in [6.07, 6.45) is 3.66. The lowest BCUT2D eigenvalue weighted by molar-refractivity contribution is 0.181. The lowest BCUT2D eigenvalue weighted by atomic mass is 10.2. The molecule has 0 fully saturated rings. The van der Waals surface area contributed by atoms with Gasteiger partial charge in [-0.05, 0) is 6.42 Å². The summed E-state index contributed by atoms with van der Waals surface area (Å²) in [5, 5.41) is 0. The van der Waals surface area contributed by atoms with Crippen molar-refractivity contribution in [1.29, 1.82) is 0 Å². The molecule has 0 N–H and O–H groups in total. The zero-order chi connectivity index (χ0) is 8.69. The first-order chi connectivity index (χ1) is 5.18. The summed E-state index contributed by atoms with van der Waals surface area (Å²) < 4.78 is 5.41. The number of unbranched alkanes of at least 4 members (excludes halogenated alkanes) is 2. The highest BCUT2D eigenvalue weighted by Crippen LogP contribution is 2.08. The average molecular weight is 156 g/mol. The Morgan fingerprint density at radius 1 is 1.36 bits per heavy atom. The van der Waals surface area contributed by atoms with Gasteiger partial charge in [-0.15, -0.1) is 0 Å². The number of rotatable bonds is 6. The zero-order valence-corrected chi connectivity index (χ0v) is 8.02. The molecule has 0 atom stereocenters. The Kier molecular flexibility index (Phi) is 6.00. The minimum Gasteiger partial charge on any atom is -0.498 e. The molecule has 0 heterocycles. The Bertz CT molecular complexity index is 105. The van der Waals surface area contributed by atoms with E-state index in [4.69, 9.17) is 4.74 Å². The maximum Gasteiger partial charge on any atom is 0.0913 e. The van der Waals surface area contributed by atoms with Crippen LogP contribution in [0.25, 0.3) is 0 Å². The van der Waals surface area contributed by atoms with Crippen molar-refractivity contribution in [3.05, 3.63) is 12.3 Å². The molecule has 0 aliphatic carbocycles. The van der Waals surface area contributed by atoms with E-state index in [1.807, 2.05) is 0 Å². The molecular weight excluding hydrogens is 136 g/mol. The lowest BCUT2D eigenvalue weighted by Gasteiger charge is -2.11. The average Bonchev–Trinajstić information content (AvgIpc) is 1.97. The highest BCUT2D eigenvalue weighted by atomic mass is 16.5. The molecular formula is C10H20O. The molecule has 0 aromatic carbocycles. The van der Waals surface area contributed by atoms with E-state index in [0.717, 1.165) is 18.8 Å². The van der Waals surface area contributed by atoms with Crippen LogP contribution in [0, 0.1) is 5.92 Å². The van der Waals surface area contributed by atoms with E-state index < -0.39 is 0 Å². The quantitative estimate of drug-likeness (QED) is 0.423. The fourth-order valence-electron chi connectivity index (χ4n) is 0.722. The van der Waals surface area contributed by atoms with Gasteiger partial charge in [0, 0.05) is 5.92 Å². The molecule has 0 saturated heterocycles. The van der Waals surface area contributed by atoms with E-state index in [9.17, 15) is 0 Å². The van der Waals surface area contributed by atoms with Crippen molar-refractivity contribution in [3.8, 4) is 0 Å². The Morgan fingerprint density at radius 2 is 2.00 bits per heavy atom. The predicted octanol–water partition coefficient (Wildman–Crippen LogP) is 3.36. The van der Waals surface area contributed by atoms with Crippen LogP contribution in [0.3, 0.4) is 0 Å². The van der Waals surface area contributed by atoms with Gasteiger partial charge in [0.2, 0.25) is 0 Å². The smallest absolute Gasteiger partial charge is 0.0913 e. The third-order valence-corrected chi connectivity index (χ3v) is 1.68. The minimum atomic E-state index is 0.455. The number of hydrogen-bond donors (Lipinski definition) is 0. The molecule has 0 aliphatic heterocycles. The van der Waals surface area contributed by atoms with Crippen molar-refractivity contribution in [2.24, 2.45) is 5.92 Å². The first-order valence-corrected chi connectivity index (χ1v) is 4.50. The highest BCUT2D eigenvalue weighted by Gasteiger charge is 1.99. The molecule has 0 aromatic heterocycles. The van der Waals surface area contributed by atoms with Gasteiger partial charge in [0.25, 0.3) is 0 Å². The van der Waals surface area contributed by atoms with Crippen molar-refractivity contribution in [3.63, 3.8) is 0 Å². The third kappa shape index (κ3) is 5.96. The van der Waals surface area contributed by atoms with Crippen molar-refractivity contribution in [2.45, 2.75) is 40.0 Å². The standard InChI is InChI=1S/C10H20O/c1-5-6-7-8-11-10(4)9(2)3/h9H,4-8H2,1-3H3. The number of allylic oxidation sites excluding steroid dienone is 1. The molecule has 0 rings (SSSR count). The van der Waals surface area contributed by atoms with Gasteiger partial charge in [-0.3, -0.25) is 0 Å². The largest absolute Gasteiger partial charge is 0.498 e. The summed E-state index contributed by atoms with van der Waals surface area (Å²) in [7, 11) is 0. The topological polar surface area (TPSA) is 9.23 Å². The summed E-state index contributed by atoms with van der Waals surface area (Å²) >= 11 is 0. The van der Waals surface area contributed by atoms with Gasteiger partial charge < -0.3 is 4.74 Å². The molecule has 1 nitrogen and oxygen atoms in total. The van der Waals surface area contributed by atoms with E-state index in [1.54, 1.807) is 0 Å². The van der Waals surface area contributed by atoms with Gasteiger partial charge in [-0.1, -0.05) is 40.2 Å². The van der Waals surface area contributed by atoms with Crippen LogP contribution in [0.15, 0.2) is 12.3 Å². The second-order valence-electron chi connectivity index (χ2n) is 3.18. The number of ether oxygens (including phenoxy) is 1. The van der Waals surface area contributed by atoms with Crippen LogP contribution in [-0.4, -0.2) is 6.61 Å². The molecule has 11 heavy (non-hydrogen) atoms. The van der Waals surface area contributed by atoms with Crippen molar-refractivity contribution in [1.82, 2.24) is 0 Å². The molecule has 0 radical (unpaired) electrons. The van der Waals surface area contributed by atoms with Crippen molar-refractivity contribution >= 4 is 0 Å². The molecule has 0 aliphatic rings. The summed E-state index contributed by atoms with van der Waals surface area (Å²) in [5.74, 6) is 1.37. The van der Waals surface area contributed by atoms with Gasteiger partial charge in [0.1, 0.15) is 0 Å². The highest BCUT2D eigenvalue weighted by molar-refractivity contribution is 4.85. The molecule has 0 saturated carbocycles. The lowest BCUT2D eigenvalue weighted by Crippen LogP contribution is -1.99. The van der Waals surface area contributed by atoms with Crippen LogP contribution in [0.4, 0.5) is 0 Å². The number of hydrogen-bond acceptors (Lipinski definition) is 1. The predicted molar refractivity (Wildman–Crippen MR) is 49.5 cm³/mol. The van der Waals surface area contributed by atoms with Crippen LogP contribution in [-0.2, 0) is 4.74 Å². The van der Waals surface area contributed by atoms with Crippen LogP contribution < -0.4 is 0 Å². The van der Waals surface area contributed by atoms with Crippen molar-refractivity contribution in [2.75, 3.05) is 6.61 Å². The summed E-state index contributed by atoms with van der Waals surface area (Å²) in [6, 6.07) is 0. The Morgan fingerprint density at radius 3 is 2.45 bits per heavy atom. The Labute approximate surface area is 70.4 Å². The summed E-state index contributed by atoms with van der Waals surface area (Å²) in [5.41, 5.74) is 0. The zero-order valence-electron chi connectivity index (χ0n) is 8.02. The van der Waals surface area contributed by atoms with E-state index in [2.05, 4.69) is 27.4 Å². The fourth-order valence-corrected chi connectivity index (χ4v) is 0.722. The van der Waals surface area contributed by atoms with Gasteiger partial charge >= 0.3 is 0 Å². The molecule has 0 unspecified atom stereocenters. The van der Waals surface area contributed by atoms with Crippen LogP contribution in [0.1, 0.15) is 40.0 Å². The molecule has 0 amide bonds. The Balaban J connectivity index is 3.18. The molecule has 0 spiro atoms. The van der Waals surface area contributed by atoms with Gasteiger partial charge in [0.05, 0.1) is 12.4 Å². The van der Waals surface area contributed by atoms with Crippen LogP contribution >= 0.6 is 0 Å². The van der Waals surface area contributed by atoms with E-state index in [1.165, 1.54) is 12.8 Å². The molecule has 66 valence electrons. The maximum atomic E-state index is 5.41. The van der Waals surface area contributed by atoms with E-state index in [-0.39, 0.29) is 0 Å². The van der Waals surface area contributed by atoms with Gasteiger partial charge in [-0.25, -0.2) is 0 Å². The molecule has 0 bridgehead atoms. The fraction of sp³-hybridized carbons (Fsp3) is 0.800. The normalized spacial score (nSPS) is 10.2. The van der Waals surface area contributed by atoms with Crippen LogP contribution in [0.5, 0.6) is 0 Å². The van der Waals surface area contributed by atoms with Gasteiger partial charge in [-0.2, -0.15) is 0 Å². The van der Waals surface area contributed by atoms with Crippen molar-refractivity contribution < 1.29 is 4.74 Å². The minimum absolute atomic E-state index is 0.455. The van der Waals surface area contributed by atoms with Gasteiger partial charge in [0.15, 0.2) is 0 Å². The second kappa shape index (κ2) is 6.26. The first kappa shape index (κ1) is 10.5. The second-order valence-corrected chi connectivity index (χ2v) is 3.18. The first-order valence-electron chi connectivity index (χ1n) is 4.50. The monoisotopic (exact) mass is 156 g/mol. The molecule has 0 aromatic rings. The summed E-state index contributed by atoms with van der Waals surface area (Å²) in [6.45, 7) is 11.1. The maximum absolute atomic E-state index is 5.41. The SMILES string of the molecule is C=C(OCCCCC)C(C)C. The summed E-state index contributed by atoms with van der Waals surface area (Å²) in [4.78, 5) is 0. The van der Waals surface area contributed by atoms with E-state index in [0.29, 0.717) is 5.92 Å².